The SMILES string of the molecule is CCn1c(CCNC(=O)N(C)CC(C)C)n[nH]c1=S. The Kier molecular flexibility index (Phi) is 6.01. The highest BCUT2D eigenvalue weighted by molar-refractivity contribution is 7.71. The number of aromatic amines is 1. The fourth-order valence-electron chi connectivity index (χ4n) is 1.91. The number of hydrogen-bond donors (Lipinski definition) is 2. The molecule has 0 aromatic carbocycles. The third-order valence-electron chi connectivity index (χ3n) is 2.76. The number of urea groups is 1. The number of amides is 2. The molecule has 108 valence electrons. The van der Waals surface area contributed by atoms with Gasteiger partial charge < -0.3 is 14.8 Å². The van der Waals surface area contributed by atoms with E-state index in [0.717, 1.165) is 18.9 Å². The molecule has 0 bridgehead atoms. The Morgan fingerprint density at radius 2 is 2.26 bits per heavy atom. The standard InChI is InChI=1S/C12H23N5OS/c1-5-17-10(14-15-12(17)19)6-7-13-11(18)16(4)8-9(2)3/h9H,5-8H2,1-4H3,(H,13,18)(H,15,19). The van der Waals surface area contributed by atoms with Crippen molar-refractivity contribution in [2.24, 2.45) is 5.92 Å². The number of rotatable bonds is 6. The van der Waals surface area contributed by atoms with E-state index >= 15 is 0 Å². The average molecular weight is 285 g/mol. The lowest BCUT2D eigenvalue weighted by molar-refractivity contribution is 0.203. The highest BCUT2D eigenvalue weighted by Gasteiger charge is 2.10. The molecule has 0 atom stereocenters. The van der Waals surface area contributed by atoms with E-state index in [0.29, 0.717) is 23.7 Å². The first-order valence-corrected chi connectivity index (χ1v) is 6.99. The van der Waals surface area contributed by atoms with Crippen LogP contribution in [0, 0.1) is 10.7 Å². The van der Waals surface area contributed by atoms with Gasteiger partial charge in [0.2, 0.25) is 0 Å². The summed E-state index contributed by atoms with van der Waals surface area (Å²) in [7, 11) is 1.80. The van der Waals surface area contributed by atoms with Gasteiger partial charge in [-0.15, -0.1) is 0 Å². The summed E-state index contributed by atoms with van der Waals surface area (Å²) in [4.78, 5) is 13.5. The van der Waals surface area contributed by atoms with Crippen LogP contribution in [0.4, 0.5) is 4.79 Å². The average Bonchev–Trinajstić information content (AvgIpc) is 2.68. The van der Waals surface area contributed by atoms with Gasteiger partial charge in [-0.25, -0.2) is 4.79 Å². The Balaban J connectivity index is 2.41. The minimum absolute atomic E-state index is 0.0501. The Labute approximate surface area is 119 Å². The van der Waals surface area contributed by atoms with Gasteiger partial charge in [0.05, 0.1) is 0 Å². The molecule has 19 heavy (non-hydrogen) atoms. The van der Waals surface area contributed by atoms with Gasteiger partial charge in [-0.1, -0.05) is 13.8 Å². The maximum Gasteiger partial charge on any atom is 0.317 e. The molecule has 0 aliphatic heterocycles. The van der Waals surface area contributed by atoms with Gasteiger partial charge in [-0.2, -0.15) is 5.10 Å². The quantitative estimate of drug-likeness (QED) is 0.783. The molecule has 1 heterocycles. The van der Waals surface area contributed by atoms with Gasteiger partial charge in [0.25, 0.3) is 0 Å². The summed E-state index contributed by atoms with van der Waals surface area (Å²) in [5.41, 5.74) is 0. The zero-order valence-electron chi connectivity index (χ0n) is 12.1. The Bertz CT molecular complexity index is 465. The lowest BCUT2D eigenvalue weighted by Crippen LogP contribution is -2.40. The summed E-state index contributed by atoms with van der Waals surface area (Å²) < 4.78 is 2.56. The first-order chi connectivity index (χ1) is 8.95. The molecule has 2 amide bonds. The fraction of sp³-hybridized carbons (Fsp3) is 0.750. The molecule has 0 radical (unpaired) electrons. The molecule has 0 saturated heterocycles. The van der Waals surface area contributed by atoms with Crippen LogP contribution in [-0.4, -0.2) is 45.8 Å². The van der Waals surface area contributed by atoms with E-state index in [1.54, 1.807) is 11.9 Å². The molecule has 0 spiro atoms. The van der Waals surface area contributed by atoms with E-state index in [1.807, 2.05) is 11.5 Å². The Hall–Kier alpha value is -1.37. The highest BCUT2D eigenvalue weighted by Crippen LogP contribution is 1.99. The van der Waals surface area contributed by atoms with Gasteiger partial charge in [0, 0.05) is 33.1 Å². The van der Waals surface area contributed by atoms with Crippen LogP contribution in [0.3, 0.4) is 0 Å². The predicted octanol–water partition coefficient (Wildman–Crippen LogP) is 1.80. The van der Waals surface area contributed by atoms with Gasteiger partial charge >= 0.3 is 6.03 Å². The van der Waals surface area contributed by atoms with Crippen molar-refractivity contribution in [2.45, 2.75) is 33.7 Å². The van der Waals surface area contributed by atoms with Crippen LogP contribution in [-0.2, 0) is 13.0 Å². The molecule has 0 saturated carbocycles. The molecule has 2 N–H and O–H groups in total. The second-order valence-electron chi connectivity index (χ2n) is 4.95. The van der Waals surface area contributed by atoms with Crippen molar-refractivity contribution < 1.29 is 4.79 Å². The van der Waals surface area contributed by atoms with Crippen molar-refractivity contribution in [3.63, 3.8) is 0 Å². The van der Waals surface area contributed by atoms with E-state index < -0.39 is 0 Å². The fourth-order valence-corrected chi connectivity index (χ4v) is 2.19. The molecule has 1 aromatic rings. The molecule has 6 nitrogen and oxygen atoms in total. The van der Waals surface area contributed by atoms with E-state index in [9.17, 15) is 4.79 Å². The van der Waals surface area contributed by atoms with Crippen molar-refractivity contribution in [3.8, 4) is 0 Å². The van der Waals surface area contributed by atoms with Crippen LogP contribution in [0.1, 0.15) is 26.6 Å². The van der Waals surface area contributed by atoms with Crippen LogP contribution < -0.4 is 5.32 Å². The monoisotopic (exact) mass is 285 g/mol. The third-order valence-corrected chi connectivity index (χ3v) is 3.08. The third kappa shape index (κ3) is 4.66. The maximum absolute atomic E-state index is 11.8. The predicted molar refractivity (Wildman–Crippen MR) is 77.7 cm³/mol. The van der Waals surface area contributed by atoms with Crippen molar-refractivity contribution in [2.75, 3.05) is 20.1 Å². The molecule has 0 fully saturated rings. The van der Waals surface area contributed by atoms with Gasteiger partial charge in [-0.3, -0.25) is 5.10 Å². The summed E-state index contributed by atoms with van der Waals surface area (Å²) in [6.07, 6.45) is 0.669. The smallest absolute Gasteiger partial charge is 0.317 e. The number of nitrogens with zero attached hydrogens (tertiary/aromatic N) is 3. The Morgan fingerprint density at radius 1 is 1.58 bits per heavy atom. The first kappa shape index (κ1) is 15.7. The van der Waals surface area contributed by atoms with E-state index in [2.05, 4.69) is 29.4 Å². The van der Waals surface area contributed by atoms with Gasteiger partial charge in [0.1, 0.15) is 5.82 Å². The Morgan fingerprint density at radius 3 is 2.84 bits per heavy atom. The van der Waals surface area contributed by atoms with Gasteiger partial charge in [-0.05, 0) is 25.1 Å². The van der Waals surface area contributed by atoms with Crippen molar-refractivity contribution in [3.05, 3.63) is 10.6 Å². The number of aromatic nitrogens is 3. The second kappa shape index (κ2) is 7.28. The van der Waals surface area contributed by atoms with Crippen LogP contribution in [0.25, 0.3) is 0 Å². The van der Waals surface area contributed by atoms with Crippen molar-refractivity contribution in [1.29, 1.82) is 0 Å². The van der Waals surface area contributed by atoms with Gasteiger partial charge in [0.15, 0.2) is 4.77 Å². The van der Waals surface area contributed by atoms with Crippen LogP contribution in [0.15, 0.2) is 0 Å². The van der Waals surface area contributed by atoms with E-state index in [1.165, 1.54) is 0 Å². The number of H-pyrrole nitrogens is 1. The molecule has 7 heteroatoms. The second-order valence-corrected chi connectivity index (χ2v) is 5.33. The normalized spacial score (nSPS) is 10.8. The number of nitrogens with one attached hydrogen (secondary N) is 2. The van der Waals surface area contributed by atoms with Crippen molar-refractivity contribution in [1.82, 2.24) is 25.0 Å². The van der Waals surface area contributed by atoms with E-state index in [-0.39, 0.29) is 6.03 Å². The maximum atomic E-state index is 11.8. The summed E-state index contributed by atoms with van der Waals surface area (Å²) in [5.74, 6) is 1.34. The summed E-state index contributed by atoms with van der Waals surface area (Å²) in [6.45, 7) is 8.28. The molecule has 1 aromatic heterocycles. The summed E-state index contributed by atoms with van der Waals surface area (Å²) in [6, 6.07) is -0.0501. The summed E-state index contributed by atoms with van der Waals surface area (Å²) in [5, 5.41) is 9.81. The zero-order valence-corrected chi connectivity index (χ0v) is 12.9. The first-order valence-electron chi connectivity index (χ1n) is 6.58. The minimum Gasteiger partial charge on any atom is -0.338 e. The molecule has 0 aliphatic rings. The molecule has 0 aliphatic carbocycles. The minimum atomic E-state index is -0.0501. The molecule has 1 rings (SSSR count). The summed E-state index contributed by atoms with van der Waals surface area (Å²) >= 11 is 5.11. The lowest BCUT2D eigenvalue weighted by atomic mass is 10.2. The van der Waals surface area contributed by atoms with E-state index in [4.69, 9.17) is 12.2 Å². The topological polar surface area (TPSA) is 66.0 Å². The lowest BCUT2D eigenvalue weighted by Gasteiger charge is -2.19. The number of carbonyl (C=O) groups is 1. The molecular weight excluding hydrogens is 262 g/mol. The largest absolute Gasteiger partial charge is 0.338 e. The number of carbonyl (C=O) groups excluding carboxylic acids is 1. The number of hydrogen-bond acceptors (Lipinski definition) is 3. The molecule has 0 unspecified atom stereocenters. The van der Waals surface area contributed by atoms with Crippen LogP contribution in [0.2, 0.25) is 0 Å². The molecular formula is C12H23N5OS. The van der Waals surface area contributed by atoms with Crippen LogP contribution in [0.5, 0.6) is 0 Å². The van der Waals surface area contributed by atoms with Crippen molar-refractivity contribution >= 4 is 18.2 Å². The highest BCUT2D eigenvalue weighted by atomic mass is 32.1. The van der Waals surface area contributed by atoms with Crippen LogP contribution >= 0.6 is 12.2 Å². The zero-order chi connectivity index (χ0) is 14.4.